The van der Waals surface area contributed by atoms with E-state index in [1.807, 2.05) is 24.3 Å². The monoisotopic (exact) mass is 190 g/mol. The number of oxime groups is 2. The normalized spacial score (nSPS) is 21.1. The zero-order valence-corrected chi connectivity index (χ0v) is 7.51. The molecule has 0 heterocycles. The summed E-state index contributed by atoms with van der Waals surface area (Å²) in [6.07, 6.45) is 1.42. The Morgan fingerprint density at radius 1 is 1.00 bits per heavy atom. The molecule has 0 amide bonds. The Kier molecular flexibility index (Phi) is 2.18. The molecule has 2 rings (SSSR count). The zero-order valence-electron chi connectivity index (χ0n) is 7.51. The van der Waals surface area contributed by atoms with Gasteiger partial charge in [-0.1, -0.05) is 34.6 Å². The summed E-state index contributed by atoms with van der Waals surface area (Å²) in [6.45, 7) is 0. The van der Waals surface area contributed by atoms with Gasteiger partial charge in [-0.15, -0.1) is 0 Å². The largest absolute Gasteiger partial charge is 0.411 e. The van der Waals surface area contributed by atoms with Gasteiger partial charge in [-0.05, 0) is 18.4 Å². The molecule has 0 aromatic heterocycles. The van der Waals surface area contributed by atoms with Gasteiger partial charge in [-0.25, -0.2) is 0 Å². The molecule has 4 heteroatoms. The molecule has 14 heavy (non-hydrogen) atoms. The van der Waals surface area contributed by atoms with Gasteiger partial charge in [0.2, 0.25) is 0 Å². The fourth-order valence-electron chi connectivity index (χ4n) is 1.71. The smallest absolute Gasteiger partial charge is 0.134 e. The number of aryl methyl sites for hydroxylation is 1. The van der Waals surface area contributed by atoms with Crippen molar-refractivity contribution in [2.45, 2.75) is 12.8 Å². The summed E-state index contributed by atoms with van der Waals surface area (Å²) in [7, 11) is 0. The number of hydrogen-bond acceptors (Lipinski definition) is 4. The summed E-state index contributed by atoms with van der Waals surface area (Å²) in [5, 5.41) is 23.8. The highest BCUT2D eigenvalue weighted by molar-refractivity contribution is 6.49. The molecule has 0 spiro atoms. The lowest BCUT2D eigenvalue weighted by molar-refractivity contribution is 0.313. The van der Waals surface area contributed by atoms with Gasteiger partial charge in [-0.3, -0.25) is 0 Å². The lowest BCUT2D eigenvalue weighted by Crippen LogP contribution is -2.23. The molecular weight excluding hydrogens is 180 g/mol. The van der Waals surface area contributed by atoms with Crippen LogP contribution in [0.15, 0.2) is 34.6 Å². The van der Waals surface area contributed by atoms with Crippen LogP contribution in [-0.2, 0) is 6.42 Å². The quantitative estimate of drug-likeness (QED) is 0.482. The molecule has 0 saturated carbocycles. The second kappa shape index (κ2) is 3.49. The van der Waals surface area contributed by atoms with E-state index in [2.05, 4.69) is 10.3 Å². The molecule has 0 bridgehead atoms. The third kappa shape index (κ3) is 1.25. The Hall–Kier alpha value is -1.84. The number of fused-ring (bicyclic) bond motifs is 1. The van der Waals surface area contributed by atoms with Crippen LogP contribution in [0.5, 0.6) is 0 Å². The van der Waals surface area contributed by atoms with Crippen LogP contribution in [0.4, 0.5) is 0 Å². The minimum atomic E-state index is 0.370. The van der Waals surface area contributed by atoms with Gasteiger partial charge < -0.3 is 10.4 Å². The van der Waals surface area contributed by atoms with Crippen molar-refractivity contribution < 1.29 is 10.4 Å². The highest BCUT2D eigenvalue weighted by atomic mass is 16.4. The first-order chi connectivity index (χ1) is 6.86. The molecule has 1 aromatic carbocycles. The van der Waals surface area contributed by atoms with Crippen molar-refractivity contribution in [1.82, 2.24) is 0 Å². The van der Waals surface area contributed by atoms with E-state index in [4.69, 9.17) is 10.4 Å². The maximum Gasteiger partial charge on any atom is 0.134 e. The van der Waals surface area contributed by atoms with Crippen molar-refractivity contribution in [1.29, 1.82) is 0 Å². The van der Waals surface area contributed by atoms with Gasteiger partial charge in [0.15, 0.2) is 0 Å². The maximum absolute atomic E-state index is 8.84. The molecule has 0 atom stereocenters. The van der Waals surface area contributed by atoms with Crippen LogP contribution in [0.2, 0.25) is 0 Å². The average molecular weight is 190 g/mol. The molecule has 1 aliphatic carbocycles. The predicted octanol–water partition coefficient (Wildman–Crippen LogP) is 1.64. The first-order valence-corrected chi connectivity index (χ1v) is 4.38. The van der Waals surface area contributed by atoms with Crippen LogP contribution in [0, 0.1) is 0 Å². The van der Waals surface area contributed by atoms with Crippen LogP contribution in [-0.4, -0.2) is 21.8 Å². The average Bonchev–Trinajstić information content (AvgIpc) is 2.27. The van der Waals surface area contributed by atoms with E-state index in [1.54, 1.807) is 0 Å². The minimum absolute atomic E-state index is 0.370. The summed E-state index contributed by atoms with van der Waals surface area (Å²) in [5.74, 6) is 0. The van der Waals surface area contributed by atoms with Gasteiger partial charge in [0.1, 0.15) is 11.4 Å². The molecule has 0 aliphatic heterocycles. The second-order valence-electron chi connectivity index (χ2n) is 3.15. The second-order valence-corrected chi connectivity index (χ2v) is 3.15. The van der Waals surface area contributed by atoms with E-state index >= 15 is 0 Å². The Bertz CT molecular complexity index is 410. The summed E-state index contributed by atoms with van der Waals surface area (Å²) in [4.78, 5) is 0. The first kappa shape index (κ1) is 8.74. The van der Waals surface area contributed by atoms with Gasteiger partial charge >= 0.3 is 0 Å². The van der Waals surface area contributed by atoms with Crippen molar-refractivity contribution in [3.05, 3.63) is 35.4 Å². The van der Waals surface area contributed by atoms with Gasteiger partial charge in [0, 0.05) is 5.56 Å². The molecule has 0 fully saturated rings. The van der Waals surface area contributed by atoms with Crippen molar-refractivity contribution in [2.24, 2.45) is 10.3 Å². The summed E-state index contributed by atoms with van der Waals surface area (Å²) in [6, 6.07) is 7.64. The van der Waals surface area contributed by atoms with E-state index in [0.29, 0.717) is 17.8 Å². The minimum Gasteiger partial charge on any atom is -0.411 e. The zero-order chi connectivity index (χ0) is 9.97. The highest BCUT2D eigenvalue weighted by Crippen LogP contribution is 2.19. The van der Waals surface area contributed by atoms with Crippen molar-refractivity contribution >= 4 is 11.4 Å². The number of benzene rings is 1. The number of hydrogen-bond donors (Lipinski definition) is 2. The van der Waals surface area contributed by atoms with E-state index < -0.39 is 0 Å². The Labute approximate surface area is 81.2 Å². The summed E-state index contributed by atoms with van der Waals surface area (Å²) < 4.78 is 0. The maximum atomic E-state index is 8.84. The summed E-state index contributed by atoms with van der Waals surface area (Å²) in [5.41, 5.74) is 2.77. The van der Waals surface area contributed by atoms with Crippen molar-refractivity contribution in [3.63, 3.8) is 0 Å². The van der Waals surface area contributed by atoms with Crippen molar-refractivity contribution in [2.75, 3.05) is 0 Å². The van der Waals surface area contributed by atoms with Crippen LogP contribution in [0.3, 0.4) is 0 Å². The molecule has 4 nitrogen and oxygen atoms in total. The fourth-order valence-corrected chi connectivity index (χ4v) is 1.71. The van der Waals surface area contributed by atoms with Gasteiger partial charge in [-0.2, -0.15) is 0 Å². The number of nitrogens with zero attached hydrogens (tertiary/aromatic N) is 2. The predicted molar refractivity (Wildman–Crippen MR) is 52.3 cm³/mol. The van der Waals surface area contributed by atoms with Crippen LogP contribution < -0.4 is 0 Å². The molecular formula is C10H10N2O2. The van der Waals surface area contributed by atoms with Crippen LogP contribution in [0.25, 0.3) is 0 Å². The van der Waals surface area contributed by atoms with E-state index in [0.717, 1.165) is 17.5 Å². The SMILES string of the molecule is O/N=C1\CCc2ccccc2\C1=N/O. The van der Waals surface area contributed by atoms with Gasteiger partial charge in [0.25, 0.3) is 0 Å². The lowest BCUT2D eigenvalue weighted by atomic mass is 9.89. The molecule has 0 radical (unpaired) electrons. The Balaban J connectivity index is 2.56. The van der Waals surface area contributed by atoms with E-state index in [9.17, 15) is 0 Å². The Morgan fingerprint density at radius 3 is 2.50 bits per heavy atom. The van der Waals surface area contributed by atoms with E-state index in [1.165, 1.54) is 0 Å². The molecule has 0 saturated heterocycles. The van der Waals surface area contributed by atoms with Crippen LogP contribution in [0.1, 0.15) is 17.5 Å². The molecule has 0 unspecified atom stereocenters. The molecule has 2 N–H and O–H groups in total. The third-order valence-electron chi connectivity index (χ3n) is 2.40. The standard InChI is InChI=1S/C10H10N2O2/c13-11-9-6-5-7-3-1-2-4-8(7)10(9)12-14/h1-4,13-14H,5-6H2/b11-9+,12-10+. The molecule has 1 aliphatic rings. The number of rotatable bonds is 0. The molecule has 1 aromatic rings. The Morgan fingerprint density at radius 2 is 1.79 bits per heavy atom. The van der Waals surface area contributed by atoms with E-state index in [-0.39, 0.29) is 0 Å². The fraction of sp³-hybridized carbons (Fsp3) is 0.200. The molecule has 72 valence electrons. The van der Waals surface area contributed by atoms with Gasteiger partial charge in [0.05, 0.1) is 0 Å². The lowest BCUT2D eigenvalue weighted by Gasteiger charge is -2.16. The van der Waals surface area contributed by atoms with Crippen LogP contribution >= 0.6 is 0 Å². The topological polar surface area (TPSA) is 65.2 Å². The van der Waals surface area contributed by atoms with Crippen molar-refractivity contribution in [3.8, 4) is 0 Å². The highest BCUT2D eigenvalue weighted by Gasteiger charge is 2.21. The first-order valence-electron chi connectivity index (χ1n) is 4.38. The summed E-state index contributed by atoms with van der Waals surface area (Å²) >= 11 is 0. The third-order valence-corrected chi connectivity index (χ3v) is 2.40.